The van der Waals surface area contributed by atoms with E-state index < -0.39 is 0 Å². The minimum Gasteiger partial charge on any atom is -0.497 e. The standard InChI is InChI=1S/C21H24O5/c1-3-4-18-19(20-21(26-18)24-10-9-23-20)25-13-14-5-6-15-7-8-17(22-2)12-16(15)11-14/h3,5-8,11-12,18-21H,1,4,9-10,13H2,2H3/t18-,19+,20-,21+/m1/s1. The van der Waals surface area contributed by atoms with E-state index in [-0.39, 0.29) is 24.6 Å². The van der Waals surface area contributed by atoms with E-state index in [2.05, 4.69) is 30.8 Å². The van der Waals surface area contributed by atoms with Crippen molar-refractivity contribution >= 4 is 10.8 Å². The maximum atomic E-state index is 6.22. The number of methoxy groups -OCH3 is 1. The summed E-state index contributed by atoms with van der Waals surface area (Å²) < 4.78 is 29.0. The molecule has 0 aromatic heterocycles. The summed E-state index contributed by atoms with van der Waals surface area (Å²) in [4.78, 5) is 0. The van der Waals surface area contributed by atoms with Crippen LogP contribution < -0.4 is 4.74 Å². The second-order valence-electron chi connectivity index (χ2n) is 6.60. The summed E-state index contributed by atoms with van der Waals surface area (Å²) in [6.45, 7) is 5.43. The third-order valence-electron chi connectivity index (χ3n) is 4.90. The predicted molar refractivity (Wildman–Crippen MR) is 98.2 cm³/mol. The Morgan fingerprint density at radius 2 is 1.96 bits per heavy atom. The minimum absolute atomic E-state index is 0.0962. The van der Waals surface area contributed by atoms with Gasteiger partial charge in [-0.15, -0.1) is 6.58 Å². The van der Waals surface area contributed by atoms with E-state index in [0.29, 0.717) is 26.2 Å². The van der Waals surface area contributed by atoms with Crippen molar-refractivity contribution in [2.24, 2.45) is 0 Å². The fourth-order valence-electron chi connectivity index (χ4n) is 3.59. The third-order valence-corrected chi connectivity index (χ3v) is 4.90. The van der Waals surface area contributed by atoms with E-state index >= 15 is 0 Å². The van der Waals surface area contributed by atoms with Crippen LogP contribution in [0.1, 0.15) is 12.0 Å². The molecular weight excluding hydrogens is 332 g/mol. The first-order valence-corrected chi connectivity index (χ1v) is 8.96. The van der Waals surface area contributed by atoms with Crippen molar-refractivity contribution in [1.29, 1.82) is 0 Å². The van der Waals surface area contributed by atoms with Crippen LogP contribution in [0.2, 0.25) is 0 Å². The molecule has 2 heterocycles. The van der Waals surface area contributed by atoms with Gasteiger partial charge >= 0.3 is 0 Å². The number of hydrogen-bond donors (Lipinski definition) is 0. The van der Waals surface area contributed by atoms with E-state index in [0.717, 1.165) is 16.7 Å². The molecule has 0 radical (unpaired) electrons. The van der Waals surface area contributed by atoms with Crippen LogP contribution in [0.5, 0.6) is 5.75 Å². The molecular formula is C21H24O5. The minimum atomic E-state index is -0.348. The van der Waals surface area contributed by atoms with E-state index in [9.17, 15) is 0 Å². The lowest BCUT2D eigenvalue weighted by molar-refractivity contribution is -0.221. The van der Waals surface area contributed by atoms with Crippen LogP contribution in [0.3, 0.4) is 0 Å². The second-order valence-corrected chi connectivity index (χ2v) is 6.60. The molecule has 5 nitrogen and oxygen atoms in total. The lowest BCUT2D eigenvalue weighted by Crippen LogP contribution is -2.42. The molecule has 0 bridgehead atoms. The molecule has 0 unspecified atom stereocenters. The first-order valence-electron chi connectivity index (χ1n) is 8.96. The smallest absolute Gasteiger partial charge is 0.186 e. The molecule has 0 aliphatic carbocycles. The van der Waals surface area contributed by atoms with Crippen molar-refractivity contribution in [3.8, 4) is 5.75 Å². The molecule has 2 fully saturated rings. The largest absolute Gasteiger partial charge is 0.497 e. The Bertz CT molecular complexity index is 774. The highest BCUT2D eigenvalue weighted by Crippen LogP contribution is 2.32. The van der Waals surface area contributed by atoms with E-state index in [4.69, 9.17) is 23.7 Å². The van der Waals surface area contributed by atoms with Gasteiger partial charge in [0.1, 0.15) is 18.0 Å². The molecule has 2 saturated heterocycles. The maximum absolute atomic E-state index is 6.22. The molecule has 2 aliphatic heterocycles. The van der Waals surface area contributed by atoms with Crippen LogP contribution in [-0.4, -0.2) is 44.9 Å². The zero-order valence-electron chi connectivity index (χ0n) is 14.9. The van der Waals surface area contributed by atoms with Crippen molar-refractivity contribution < 1.29 is 23.7 Å². The number of ether oxygens (including phenoxy) is 5. The van der Waals surface area contributed by atoms with Crippen LogP contribution in [-0.2, 0) is 25.6 Å². The van der Waals surface area contributed by atoms with Gasteiger partial charge in [0.2, 0.25) is 0 Å². The number of fused-ring (bicyclic) bond motifs is 2. The highest BCUT2D eigenvalue weighted by atomic mass is 16.7. The normalized spacial score (nSPS) is 28.0. The maximum Gasteiger partial charge on any atom is 0.186 e. The molecule has 4 rings (SSSR count). The molecule has 0 spiro atoms. The Morgan fingerprint density at radius 3 is 2.81 bits per heavy atom. The van der Waals surface area contributed by atoms with Gasteiger partial charge in [0.25, 0.3) is 0 Å². The SMILES string of the molecule is C=CC[C@H]1O[C@@H]2OCCO[C@@H]2[C@H]1OCc1ccc2ccc(OC)cc2c1. The molecule has 2 aromatic carbocycles. The Hall–Kier alpha value is -1.92. The Morgan fingerprint density at radius 1 is 1.12 bits per heavy atom. The van der Waals surface area contributed by atoms with E-state index in [1.165, 1.54) is 5.39 Å². The van der Waals surface area contributed by atoms with Crippen LogP contribution in [0, 0.1) is 0 Å². The molecule has 138 valence electrons. The molecule has 0 N–H and O–H groups in total. The van der Waals surface area contributed by atoms with Gasteiger partial charge in [-0.3, -0.25) is 0 Å². The number of rotatable bonds is 6. The van der Waals surface area contributed by atoms with Crippen LogP contribution in [0.25, 0.3) is 10.8 Å². The third kappa shape index (κ3) is 3.48. The van der Waals surface area contributed by atoms with Gasteiger partial charge in [0.15, 0.2) is 6.29 Å². The summed E-state index contributed by atoms with van der Waals surface area (Å²) in [5.74, 6) is 0.849. The average molecular weight is 356 g/mol. The summed E-state index contributed by atoms with van der Waals surface area (Å²) >= 11 is 0. The number of hydrogen-bond acceptors (Lipinski definition) is 5. The summed E-state index contributed by atoms with van der Waals surface area (Å²) in [7, 11) is 1.68. The summed E-state index contributed by atoms with van der Waals surface area (Å²) in [5, 5.41) is 2.30. The molecule has 0 amide bonds. The van der Waals surface area contributed by atoms with Gasteiger partial charge in [0, 0.05) is 0 Å². The Balaban J connectivity index is 1.49. The molecule has 0 saturated carbocycles. The van der Waals surface area contributed by atoms with Gasteiger partial charge in [-0.2, -0.15) is 0 Å². The Kier molecular flexibility index (Phi) is 5.22. The monoisotopic (exact) mass is 356 g/mol. The van der Waals surface area contributed by atoms with Gasteiger partial charge in [-0.25, -0.2) is 0 Å². The van der Waals surface area contributed by atoms with Gasteiger partial charge in [0.05, 0.1) is 33.0 Å². The highest BCUT2D eigenvalue weighted by Gasteiger charge is 2.47. The van der Waals surface area contributed by atoms with Crippen molar-refractivity contribution in [2.45, 2.75) is 37.6 Å². The fourth-order valence-corrected chi connectivity index (χ4v) is 3.59. The predicted octanol–water partition coefficient (Wildman–Crippen LogP) is 3.45. The second kappa shape index (κ2) is 7.76. The fraction of sp³-hybridized carbons (Fsp3) is 0.429. The van der Waals surface area contributed by atoms with E-state index in [1.807, 2.05) is 18.2 Å². The van der Waals surface area contributed by atoms with Crippen LogP contribution in [0.4, 0.5) is 0 Å². The molecule has 4 atom stereocenters. The van der Waals surface area contributed by atoms with E-state index in [1.54, 1.807) is 7.11 Å². The Labute approximate surface area is 153 Å². The summed E-state index contributed by atoms with van der Waals surface area (Å²) in [5.41, 5.74) is 1.10. The first kappa shape index (κ1) is 17.5. The van der Waals surface area contributed by atoms with Crippen molar-refractivity contribution in [3.63, 3.8) is 0 Å². The van der Waals surface area contributed by atoms with Crippen LogP contribution in [0.15, 0.2) is 49.1 Å². The zero-order valence-corrected chi connectivity index (χ0v) is 14.9. The first-order chi connectivity index (χ1) is 12.8. The number of benzene rings is 2. The van der Waals surface area contributed by atoms with Gasteiger partial charge in [-0.1, -0.05) is 24.3 Å². The van der Waals surface area contributed by atoms with Gasteiger partial charge in [-0.05, 0) is 41.0 Å². The quantitative estimate of drug-likeness (QED) is 0.742. The highest BCUT2D eigenvalue weighted by molar-refractivity contribution is 5.84. The summed E-state index contributed by atoms with van der Waals surface area (Å²) in [6.07, 6.45) is 1.76. The van der Waals surface area contributed by atoms with Crippen LogP contribution >= 0.6 is 0 Å². The van der Waals surface area contributed by atoms with Crippen molar-refractivity contribution in [1.82, 2.24) is 0 Å². The van der Waals surface area contributed by atoms with Gasteiger partial charge < -0.3 is 23.7 Å². The molecule has 2 aliphatic rings. The average Bonchev–Trinajstić information content (AvgIpc) is 3.03. The molecule has 26 heavy (non-hydrogen) atoms. The summed E-state index contributed by atoms with van der Waals surface area (Å²) in [6, 6.07) is 12.4. The van der Waals surface area contributed by atoms with Crippen molar-refractivity contribution in [3.05, 3.63) is 54.6 Å². The lowest BCUT2D eigenvalue weighted by Gasteiger charge is -2.28. The topological polar surface area (TPSA) is 46.2 Å². The molecule has 2 aromatic rings. The van der Waals surface area contributed by atoms with Crippen molar-refractivity contribution in [2.75, 3.05) is 20.3 Å². The zero-order chi connectivity index (χ0) is 17.9. The lowest BCUT2D eigenvalue weighted by atomic mass is 10.1. The molecule has 5 heteroatoms.